The third-order valence-corrected chi connectivity index (χ3v) is 3.24. The topological polar surface area (TPSA) is 78.4 Å². The Morgan fingerprint density at radius 2 is 2.00 bits per heavy atom. The van der Waals surface area contributed by atoms with Crippen molar-refractivity contribution in [2.24, 2.45) is 0 Å². The predicted octanol–water partition coefficient (Wildman–Crippen LogP) is 4.04. The zero-order chi connectivity index (χ0) is 16.9. The fraction of sp³-hybridized carbons (Fsp3) is 0.429. The lowest BCUT2D eigenvalue weighted by Gasteiger charge is -2.26. The van der Waals surface area contributed by atoms with Crippen LogP contribution in [0.25, 0.3) is 0 Å². The molecule has 5 nitrogen and oxygen atoms in total. The minimum absolute atomic E-state index is 0.0611. The first-order chi connectivity index (χ1) is 10.1. The van der Waals surface area contributed by atoms with E-state index in [4.69, 9.17) is 16.7 Å². The van der Waals surface area contributed by atoms with Gasteiger partial charge in [-0.25, -0.2) is 13.6 Å². The molecule has 0 saturated heterocycles. The van der Waals surface area contributed by atoms with Gasteiger partial charge in [0.2, 0.25) is 0 Å². The van der Waals surface area contributed by atoms with Gasteiger partial charge in [0.1, 0.15) is 0 Å². The predicted molar refractivity (Wildman–Crippen MR) is 79.5 cm³/mol. The van der Waals surface area contributed by atoms with Crippen LogP contribution in [-0.4, -0.2) is 22.6 Å². The molecule has 0 aliphatic heterocycles. The number of anilines is 1. The second-order valence-corrected chi connectivity index (χ2v) is 5.80. The Bertz CT molecular complexity index is 565. The quantitative estimate of drug-likeness (QED) is 0.734. The lowest BCUT2D eigenvalue weighted by molar-refractivity contribution is -0.137. The number of carboxylic acid groups (broad SMARTS) is 1. The van der Waals surface area contributed by atoms with Crippen molar-refractivity contribution in [2.75, 3.05) is 5.32 Å². The molecule has 3 N–H and O–H groups in total. The lowest BCUT2D eigenvalue weighted by Crippen LogP contribution is -2.45. The van der Waals surface area contributed by atoms with E-state index < -0.39 is 24.0 Å². The van der Waals surface area contributed by atoms with Gasteiger partial charge in [-0.3, -0.25) is 4.79 Å². The van der Waals surface area contributed by atoms with Crippen molar-refractivity contribution >= 4 is 29.3 Å². The van der Waals surface area contributed by atoms with E-state index in [0.717, 1.165) is 6.07 Å². The Morgan fingerprint density at radius 1 is 1.36 bits per heavy atom. The molecule has 1 aromatic rings. The highest BCUT2D eigenvalue weighted by atomic mass is 35.5. The van der Waals surface area contributed by atoms with Crippen LogP contribution in [0.1, 0.15) is 38.7 Å². The molecule has 0 aliphatic rings. The van der Waals surface area contributed by atoms with Gasteiger partial charge in [0, 0.05) is 17.5 Å². The summed E-state index contributed by atoms with van der Waals surface area (Å²) >= 11 is 5.85. The summed E-state index contributed by atoms with van der Waals surface area (Å²) in [6.07, 6.45) is -2.55. The van der Waals surface area contributed by atoms with E-state index in [1.54, 1.807) is 13.8 Å². The molecule has 0 spiro atoms. The second kappa shape index (κ2) is 7.40. The van der Waals surface area contributed by atoms with Crippen LogP contribution >= 0.6 is 11.6 Å². The van der Waals surface area contributed by atoms with Gasteiger partial charge in [-0.1, -0.05) is 17.7 Å². The Labute approximate surface area is 131 Å². The number of hydrogen-bond acceptors (Lipinski definition) is 2. The number of carbonyl (C=O) groups excluding carboxylic acids is 1. The van der Waals surface area contributed by atoms with Crippen LogP contribution in [-0.2, 0) is 4.79 Å². The summed E-state index contributed by atoms with van der Waals surface area (Å²) in [5, 5.41) is 13.7. The molecule has 0 bridgehead atoms. The number of benzene rings is 1. The number of carboxylic acids is 1. The van der Waals surface area contributed by atoms with E-state index in [9.17, 15) is 18.4 Å². The second-order valence-electron chi connectivity index (χ2n) is 5.40. The van der Waals surface area contributed by atoms with Crippen molar-refractivity contribution in [3.05, 3.63) is 28.8 Å². The van der Waals surface area contributed by atoms with Crippen molar-refractivity contribution in [3.63, 3.8) is 0 Å². The minimum atomic E-state index is -2.67. The maximum Gasteiger partial charge on any atom is 0.319 e. The molecule has 1 aromatic carbocycles. The summed E-state index contributed by atoms with van der Waals surface area (Å²) < 4.78 is 25.3. The van der Waals surface area contributed by atoms with Crippen LogP contribution in [0.15, 0.2) is 18.2 Å². The van der Waals surface area contributed by atoms with Crippen molar-refractivity contribution in [2.45, 2.75) is 38.7 Å². The molecule has 0 atom stereocenters. The van der Waals surface area contributed by atoms with Gasteiger partial charge >= 0.3 is 12.0 Å². The monoisotopic (exact) mass is 334 g/mol. The van der Waals surface area contributed by atoms with Crippen LogP contribution in [0, 0.1) is 0 Å². The van der Waals surface area contributed by atoms with Crippen molar-refractivity contribution in [1.82, 2.24) is 5.32 Å². The van der Waals surface area contributed by atoms with Crippen LogP contribution < -0.4 is 10.6 Å². The first-order valence-corrected chi connectivity index (χ1v) is 6.87. The largest absolute Gasteiger partial charge is 0.481 e. The lowest BCUT2D eigenvalue weighted by atomic mass is 9.99. The summed E-state index contributed by atoms with van der Waals surface area (Å²) in [6.45, 7) is 3.32. The van der Waals surface area contributed by atoms with Crippen molar-refractivity contribution < 1.29 is 23.5 Å². The molecule has 0 aromatic heterocycles. The van der Waals surface area contributed by atoms with Gasteiger partial charge in [0.05, 0.1) is 10.7 Å². The number of rotatable bonds is 6. The number of amides is 2. The number of carbonyl (C=O) groups is 2. The maximum atomic E-state index is 12.6. The van der Waals surface area contributed by atoms with E-state index in [-0.39, 0.29) is 29.1 Å². The standard InChI is InChI=1S/C14H17ClF2N2O3/c1-14(2,6-5-11(20)21)19-13(22)18-10-7-8(12(16)17)3-4-9(10)15/h3-4,7,12H,5-6H2,1-2H3,(H,20,21)(H2,18,19,22). The fourth-order valence-electron chi connectivity index (χ4n) is 1.72. The smallest absolute Gasteiger partial charge is 0.319 e. The molecule has 0 saturated carbocycles. The van der Waals surface area contributed by atoms with Crippen molar-refractivity contribution in [1.29, 1.82) is 0 Å². The van der Waals surface area contributed by atoms with Crippen LogP contribution in [0.4, 0.5) is 19.3 Å². The molecule has 0 aliphatic carbocycles. The summed E-state index contributed by atoms with van der Waals surface area (Å²) in [5.74, 6) is -0.969. The Hall–Kier alpha value is -1.89. The third kappa shape index (κ3) is 5.85. The Balaban J connectivity index is 2.72. The molecular formula is C14H17ClF2N2O3. The molecule has 0 radical (unpaired) electrons. The summed E-state index contributed by atoms with van der Waals surface area (Å²) in [7, 11) is 0. The maximum absolute atomic E-state index is 12.6. The van der Waals surface area contributed by atoms with Gasteiger partial charge in [-0.15, -0.1) is 0 Å². The fourth-order valence-corrected chi connectivity index (χ4v) is 1.88. The van der Waals surface area contributed by atoms with E-state index in [1.165, 1.54) is 12.1 Å². The average molecular weight is 335 g/mol. The molecule has 0 heterocycles. The normalized spacial score (nSPS) is 11.4. The molecule has 2 amide bonds. The van der Waals surface area contributed by atoms with Gasteiger partial charge < -0.3 is 15.7 Å². The number of nitrogens with one attached hydrogen (secondary N) is 2. The van der Waals surface area contributed by atoms with Crippen molar-refractivity contribution in [3.8, 4) is 0 Å². The van der Waals surface area contributed by atoms with E-state index in [1.807, 2.05) is 0 Å². The van der Waals surface area contributed by atoms with E-state index >= 15 is 0 Å². The SMILES string of the molecule is CC(C)(CCC(=O)O)NC(=O)Nc1cc(C(F)F)ccc1Cl. The molecular weight excluding hydrogens is 318 g/mol. The van der Waals surface area contributed by atoms with E-state index in [0.29, 0.717) is 0 Å². The molecule has 22 heavy (non-hydrogen) atoms. The van der Waals surface area contributed by atoms with Gasteiger partial charge in [0.15, 0.2) is 0 Å². The molecule has 0 fully saturated rings. The summed E-state index contributed by atoms with van der Waals surface area (Å²) in [6, 6.07) is 2.89. The number of alkyl halides is 2. The van der Waals surface area contributed by atoms with Gasteiger partial charge in [-0.2, -0.15) is 0 Å². The van der Waals surface area contributed by atoms with Crippen LogP contribution in [0.5, 0.6) is 0 Å². The third-order valence-electron chi connectivity index (χ3n) is 2.91. The summed E-state index contributed by atoms with van der Waals surface area (Å²) in [5.41, 5.74) is -0.967. The first kappa shape index (κ1) is 18.2. The number of halogens is 3. The zero-order valence-corrected chi connectivity index (χ0v) is 12.9. The molecule has 8 heteroatoms. The zero-order valence-electron chi connectivity index (χ0n) is 12.1. The van der Waals surface area contributed by atoms with E-state index in [2.05, 4.69) is 10.6 Å². The van der Waals surface area contributed by atoms with Gasteiger partial charge in [-0.05, 0) is 32.4 Å². The number of urea groups is 1. The first-order valence-electron chi connectivity index (χ1n) is 6.49. The number of aliphatic carboxylic acids is 1. The number of hydrogen-bond donors (Lipinski definition) is 3. The highest BCUT2D eigenvalue weighted by molar-refractivity contribution is 6.33. The average Bonchev–Trinajstić information content (AvgIpc) is 2.38. The molecule has 0 unspecified atom stereocenters. The van der Waals surface area contributed by atoms with Gasteiger partial charge in [0.25, 0.3) is 6.43 Å². The highest BCUT2D eigenvalue weighted by Crippen LogP contribution is 2.28. The molecule has 122 valence electrons. The Morgan fingerprint density at radius 3 is 2.55 bits per heavy atom. The van der Waals surface area contributed by atoms with Crippen LogP contribution in [0.3, 0.4) is 0 Å². The minimum Gasteiger partial charge on any atom is -0.481 e. The summed E-state index contributed by atoms with van der Waals surface area (Å²) in [4.78, 5) is 22.4. The highest BCUT2D eigenvalue weighted by Gasteiger charge is 2.22. The Kier molecular flexibility index (Phi) is 6.11. The molecule has 1 rings (SSSR count). The van der Waals surface area contributed by atoms with Crippen LogP contribution in [0.2, 0.25) is 5.02 Å².